The number of aromatic hydroxyl groups is 1. The maximum Gasteiger partial charge on any atom is 0.119 e. The van der Waals surface area contributed by atoms with Crippen molar-refractivity contribution in [2.75, 3.05) is 53.0 Å². The van der Waals surface area contributed by atoms with Gasteiger partial charge < -0.3 is 19.8 Å². The van der Waals surface area contributed by atoms with Crippen molar-refractivity contribution in [3.63, 3.8) is 0 Å². The van der Waals surface area contributed by atoms with Crippen LogP contribution in [0.2, 0.25) is 0 Å². The van der Waals surface area contributed by atoms with Crippen molar-refractivity contribution in [1.82, 2.24) is 9.80 Å². The van der Waals surface area contributed by atoms with Crippen LogP contribution in [0.5, 0.6) is 11.5 Å². The Kier molecular flexibility index (Phi) is 8.96. The molecule has 5 heteroatoms. The zero-order chi connectivity index (χ0) is 24.5. The molecule has 0 unspecified atom stereocenters. The van der Waals surface area contributed by atoms with Crippen molar-refractivity contribution < 1.29 is 14.9 Å². The summed E-state index contributed by atoms with van der Waals surface area (Å²) in [6, 6.07) is 26.0. The average molecular weight is 473 g/mol. The summed E-state index contributed by atoms with van der Waals surface area (Å²) in [6.45, 7) is 6.16. The summed E-state index contributed by atoms with van der Waals surface area (Å²) in [7, 11) is 2.17. The Morgan fingerprint density at radius 1 is 0.800 bits per heavy atom. The number of hydrogen-bond acceptors (Lipinski definition) is 5. The minimum atomic E-state index is 0.138. The van der Waals surface area contributed by atoms with E-state index in [-0.39, 0.29) is 12.4 Å². The van der Waals surface area contributed by atoms with Gasteiger partial charge in [-0.05, 0) is 72.0 Å². The Balaban J connectivity index is 1.58. The van der Waals surface area contributed by atoms with Crippen molar-refractivity contribution in [3.8, 4) is 11.5 Å². The molecular formula is C30H36N2O3. The molecule has 1 fully saturated rings. The highest BCUT2D eigenvalue weighted by atomic mass is 16.5. The minimum Gasteiger partial charge on any atom is -0.508 e. The van der Waals surface area contributed by atoms with Crippen LogP contribution in [0.15, 0.2) is 78.9 Å². The second-order valence-electron chi connectivity index (χ2n) is 9.11. The summed E-state index contributed by atoms with van der Waals surface area (Å²) < 4.78 is 6.06. The van der Waals surface area contributed by atoms with E-state index in [2.05, 4.69) is 41.1 Å². The molecule has 0 radical (unpaired) electrons. The van der Waals surface area contributed by atoms with E-state index in [1.165, 1.54) is 5.57 Å². The van der Waals surface area contributed by atoms with Crippen LogP contribution in [-0.4, -0.2) is 73.0 Å². The lowest BCUT2D eigenvalue weighted by Crippen LogP contribution is -2.45. The number of aliphatic hydroxyl groups excluding tert-OH is 1. The number of likely N-dealkylation sites (N-methyl/N-ethyl adjacent to an activating group) is 1. The Morgan fingerprint density at radius 2 is 1.43 bits per heavy atom. The molecule has 2 N–H and O–H groups in total. The Morgan fingerprint density at radius 3 is 2.06 bits per heavy atom. The summed E-state index contributed by atoms with van der Waals surface area (Å²) in [4.78, 5) is 4.81. The fourth-order valence-electron chi connectivity index (χ4n) is 4.53. The SMILES string of the molecule is CN1CCN(CCOc2ccc(/C(=C(/CCCO)c3ccccc3)c3ccc(O)cc3)cc2)CC1. The first-order valence-corrected chi connectivity index (χ1v) is 12.5. The molecular weight excluding hydrogens is 436 g/mol. The molecule has 0 amide bonds. The van der Waals surface area contributed by atoms with Crippen molar-refractivity contribution in [2.45, 2.75) is 12.8 Å². The van der Waals surface area contributed by atoms with Crippen molar-refractivity contribution >= 4 is 11.1 Å². The molecule has 1 heterocycles. The van der Waals surface area contributed by atoms with Gasteiger partial charge in [0.15, 0.2) is 0 Å². The molecule has 4 rings (SSSR count). The number of phenols is 1. The molecule has 184 valence electrons. The van der Waals surface area contributed by atoms with Crippen LogP contribution < -0.4 is 4.74 Å². The topological polar surface area (TPSA) is 56.2 Å². The molecule has 5 nitrogen and oxygen atoms in total. The van der Waals surface area contributed by atoms with Crippen LogP contribution in [0.4, 0.5) is 0 Å². The average Bonchev–Trinajstić information content (AvgIpc) is 2.90. The molecule has 1 aliphatic heterocycles. The number of hydrogen-bond donors (Lipinski definition) is 2. The summed E-state index contributed by atoms with van der Waals surface area (Å²) in [5, 5.41) is 19.4. The first kappa shape index (κ1) is 25.0. The molecule has 0 saturated carbocycles. The fraction of sp³-hybridized carbons (Fsp3) is 0.333. The quantitative estimate of drug-likeness (QED) is 0.417. The number of benzene rings is 3. The van der Waals surface area contributed by atoms with Gasteiger partial charge in [-0.1, -0.05) is 54.6 Å². The van der Waals surface area contributed by atoms with E-state index in [1.54, 1.807) is 12.1 Å². The number of piperazine rings is 1. The highest BCUT2D eigenvalue weighted by molar-refractivity contribution is 5.98. The van der Waals surface area contributed by atoms with E-state index in [9.17, 15) is 10.2 Å². The molecule has 0 atom stereocenters. The second kappa shape index (κ2) is 12.5. The zero-order valence-corrected chi connectivity index (χ0v) is 20.6. The molecule has 1 saturated heterocycles. The summed E-state index contributed by atoms with van der Waals surface area (Å²) >= 11 is 0. The van der Waals surface area contributed by atoms with E-state index in [0.29, 0.717) is 13.0 Å². The Labute approximate surface area is 208 Å². The third-order valence-corrected chi connectivity index (χ3v) is 6.58. The van der Waals surface area contributed by atoms with Gasteiger partial charge in [-0.3, -0.25) is 4.90 Å². The molecule has 35 heavy (non-hydrogen) atoms. The molecule has 0 spiro atoms. The van der Waals surface area contributed by atoms with Gasteiger partial charge in [-0.25, -0.2) is 0 Å². The molecule has 0 bridgehead atoms. The highest BCUT2D eigenvalue weighted by Gasteiger charge is 2.15. The smallest absolute Gasteiger partial charge is 0.119 e. The largest absolute Gasteiger partial charge is 0.508 e. The second-order valence-corrected chi connectivity index (χ2v) is 9.11. The minimum absolute atomic E-state index is 0.138. The maximum atomic E-state index is 9.86. The Bertz CT molecular complexity index is 1070. The van der Waals surface area contributed by atoms with E-state index < -0.39 is 0 Å². The van der Waals surface area contributed by atoms with Gasteiger partial charge in [0.05, 0.1) is 0 Å². The van der Waals surface area contributed by atoms with Crippen LogP contribution in [-0.2, 0) is 0 Å². The molecule has 3 aromatic carbocycles. The third-order valence-electron chi connectivity index (χ3n) is 6.58. The van der Waals surface area contributed by atoms with Crippen LogP contribution in [0.1, 0.15) is 29.5 Å². The van der Waals surface area contributed by atoms with Gasteiger partial charge in [0.2, 0.25) is 0 Å². The number of allylic oxidation sites excluding steroid dienone is 1. The molecule has 1 aliphatic rings. The van der Waals surface area contributed by atoms with Crippen LogP contribution in [0.3, 0.4) is 0 Å². The van der Waals surface area contributed by atoms with E-state index in [4.69, 9.17) is 4.74 Å². The molecule has 0 aliphatic carbocycles. The van der Waals surface area contributed by atoms with Gasteiger partial charge in [0.1, 0.15) is 18.1 Å². The van der Waals surface area contributed by atoms with Gasteiger partial charge in [-0.2, -0.15) is 0 Å². The van der Waals surface area contributed by atoms with Crippen LogP contribution in [0, 0.1) is 0 Å². The first-order chi connectivity index (χ1) is 17.1. The monoisotopic (exact) mass is 472 g/mol. The van der Waals surface area contributed by atoms with Gasteiger partial charge >= 0.3 is 0 Å². The highest BCUT2D eigenvalue weighted by Crippen LogP contribution is 2.36. The van der Waals surface area contributed by atoms with Crippen molar-refractivity contribution in [2.24, 2.45) is 0 Å². The lowest BCUT2D eigenvalue weighted by molar-refractivity contribution is 0.134. The maximum absolute atomic E-state index is 9.86. The van der Waals surface area contributed by atoms with Crippen molar-refractivity contribution in [1.29, 1.82) is 0 Å². The van der Waals surface area contributed by atoms with Crippen molar-refractivity contribution in [3.05, 3.63) is 95.6 Å². The first-order valence-electron chi connectivity index (χ1n) is 12.5. The van der Waals surface area contributed by atoms with E-state index in [0.717, 1.165) is 67.2 Å². The molecule has 3 aromatic rings. The number of rotatable bonds is 10. The number of nitrogens with zero attached hydrogens (tertiary/aromatic N) is 2. The fourth-order valence-corrected chi connectivity index (χ4v) is 4.53. The van der Waals surface area contributed by atoms with Gasteiger partial charge in [0.25, 0.3) is 0 Å². The molecule has 0 aromatic heterocycles. The van der Waals surface area contributed by atoms with E-state index >= 15 is 0 Å². The number of aliphatic hydroxyl groups is 1. The normalized spacial score (nSPS) is 15.6. The number of phenolic OH excluding ortho intramolecular Hbond substituents is 1. The standard InChI is InChI=1S/C30H36N2O3/c1-31-17-19-32(20-18-31)21-23-35-28-15-11-26(12-16-28)30(25-9-13-27(34)14-10-25)29(8-5-22-33)24-6-3-2-4-7-24/h2-4,6-7,9-16,33-34H,5,8,17-23H2,1H3/b30-29-. The van der Waals surface area contributed by atoms with E-state index in [1.807, 2.05) is 42.5 Å². The van der Waals surface area contributed by atoms with Gasteiger partial charge in [-0.15, -0.1) is 0 Å². The van der Waals surface area contributed by atoms with Gasteiger partial charge in [0, 0.05) is 39.3 Å². The third kappa shape index (κ3) is 6.95. The number of ether oxygens (including phenoxy) is 1. The summed E-state index contributed by atoms with van der Waals surface area (Å²) in [5.74, 6) is 1.11. The van der Waals surface area contributed by atoms with Crippen LogP contribution >= 0.6 is 0 Å². The lowest BCUT2D eigenvalue weighted by Gasteiger charge is -2.32. The predicted octanol–water partition coefficient (Wildman–Crippen LogP) is 4.75. The lowest BCUT2D eigenvalue weighted by atomic mass is 9.87. The summed E-state index contributed by atoms with van der Waals surface area (Å²) in [6.07, 6.45) is 1.43. The predicted molar refractivity (Wildman–Crippen MR) is 143 cm³/mol. The van der Waals surface area contributed by atoms with Crippen LogP contribution in [0.25, 0.3) is 11.1 Å². The zero-order valence-electron chi connectivity index (χ0n) is 20.6. The Hall–Kier alpha value is -3.12. The summed E-state index contributed by atoms with van der Waals surface area (Å²) in [5.41, 5.74) is 5.53.